The Balaban J connectivity index is 1.53. The van der Waals surface area contributed by atoms with Crippen LogP contribution in [0.25, 0.3) is 0 Å². The van der Waals surface area contributed by atoms with Gasteiger partial charge in [-0.1, -0.05) is 24.3 Å². The summed E-state index contributed by atoms with van der Waals surface area (Å²) in [4.78, 5) is 0. The normalized spacial score (nSPS) is 20.0. The fourth-order valence-corrected chi connectivity index (χ4v) is 11.9. The van der Waals surface area contributed by atoms with Crippen LogP contribution in [-0.2, 0) is 89.2 Å². The van der Waals surface area contributed by atoms with E-state index in [2.05, 4.69) is 0 Å². The maximum Gasteiger partial charge on any atom is 0.123 e. The molecule has 4 aromatic carbocycles. The summed E-state index contributed by atoms with van der Waals surface area (Å²) in [6.45, 7) is 7.89. The molecular formula is C40H48O8S4. The molecule has 0 fully saturated rings. The van der Waals surface area contributed by atoms with E-state index in [9.17, 15) is 16.8 Å². The van der Waals surface area contributed by atoms with Gasteiger partial charge >= 0.3 is 0 Å². The Bertz CT molecular complexity index is 1930. The van der Waals surface area contributed by atoms with Crippen molar-refractivity contribution in [3.05, 3.63) is 115 Å². The second kappa shape index (κ2) is 17.7. The molecule has 2 atom stereocenters. The zero-order chi connectivity index (χ0) is 37.7. The Labute approximate surface area is 317 Å². The molecule has 12 heteroatoms. The van der Waals surface area contributed by atoms with Gasteiger partial charge in [0.05, 0.1) is 51.5 Å². The zero-order valence-corrected chi connectivity index (χ0v) is 34.4. The van der Waals surface area contributed by atoms with Gasteiger partial charge in [-0.05, 0) is 96.5 Å². The minimum Gasteiger partial charge on any atom is -0.496 e. The predicted molar refractivity (Wildman–Crippen MR) is 213 cm³/mol. The first-order valence-corrected chi connectivity index (χ1v) is 22.8. The van der Waals surface area contributed by atoms with Gasteiger partial charge in [0, 0.05) is 88.5 Å². The molecule has 0 aliphatic carbocycles. The van der Waals surface area contributed by atoms with Gasteiger partial charge in [-0.2, -0.15) is 0 Å². The molecule has 10 aliphatic heterocycles. The van der Waals surface area contributed by atoms with Crippen molar-refractivity contribution in [1.82, 2.24) is 0 Å². The van der Waals surface area contributed by atoms with Crippen molar-refractivity contribution in [2.45, 2.75) is 73.7 Å². The lowest BCUT2D eigenvalue weighted by Crippen LogP contribution is -2.09. The number of benzene rings is 4. The van der Waals surface area contributed by atoms with Crippen LogP contribution in [0.15, 0.2) is 48.5 Å². The SMILES string of the molecule is COc1cc2c(C)cc1CS(=O)Cc1cc(OC)c(cc1C)CS(=O)Cc1cc(C)c(cc1OC)CS(=O)Cc1cc(C)c(cc1OC)CS(=O)C2. The lowest BCUT2D eigenvalue weighted by atomic mass is 10.1. The summed E-state index contributed by atoms with van der Waals surface area (Å²) in [5, 5.41) is 0. The summed E-state index contributed by atoms with van der Waals surface area (Å²) in [7, 11) is 1.30. The molecule has 10 aliphatic rings. The first kappa shape index (κ1) is 39.9. The van der Waals surface area contributed by atoms with Crippen molar-refractivity contribution < 1.29 is 35.8 Å². The third-order valence-corrected chi connectivity index (χ3v) is 14.6. The molecule has 0 radical (unpaired) electrons. The van der Waals surface area contributed by atoms with Gasteiger partial charge in [-0.25, -0.2) is 0 Å². The summed E-state index contributed by atoms with van der Waals surface area (Å²) in [6.07, 6.45) is 0. The second-order valence-corrected chi connectivity index (χ2v) is 19.1. The number of aryl methyl sites for hydroxylation is 4. The summed E-state index contributed by atoms with van der Waals surface area (Å²) >= 11 is 0. The largest absolute Gasteiger partial charge is 0.496 e. The number of hydrogen-bond donors (Lipinski definition) is 0. The molecule has 14 rings (SSSR count). The minimum atomic E-state index is -1.29. The van der Waals surface area contributed by atoms with E-state index in [1.807, 2.05) is 76.2 Å². The minimum absolute atomic E-state index is 0.273. The van der Waals surface area contributed by atoms with Gasteiger partial charge < -0.3 is 18.9 Å². The lowest BCUT2D eigenvalue weighted by molar-refractivity contribution is 0.410. The van der Waals surface area contributed by atoms with E-state index in [-0.39, 0.29) is 23.0 Å². The number of methoxy groups -OCH3 is 4. The van der Waals surface area contributed by atoms with Crippen LogP contribution in [0.3, 0.4) is 0 Å². The topological polar surface area (TPSA) is 105 Å². The van der Waals surface area contributed by atoms with Gasteiger partial charge in [0.25, 0.3) is 0 Å². The van der Waals surface area contributed by atoms with Crippen molar-refractivity contribution in [2.24, 2.45) is 0 Å². The van der Waals surface area contributed by atoms with E-state index in [1.54, 1.807) is 28.4 Å². The highest BCUT2D eigenvalue weighted by molar-refractivity contribution is 7.84. The van der Waals surface area contributed by atoms with E-state index >= 15 is 0 Å². The molecule has 280 valence electrons. The van der Waals surface area contributed by atoms with Crippen molar-refractivity contribution in [2.75, 3.05) is 28.4 Å². The molecule has 8 nitrogen and oxygen atoms in total. The molecule has 2 unspecified atom stereocenters. The quantitative estimate of drug-likeness (QED) is 0.217. The van der Waals surface area contributed by atoms with Gasteiger partial charge in [-0.3, -0.25) is 16.8 Å². The number of hydrogen-bond acceptors (Lipinski definition) is 8. The fourth-order valence-electron chi connectivity index (χ4n) is 6.58. The number of rotatable bonds is 4. The van der Waals surface area contributed by atoms with E-state index < -0.39 is 43.2 Å². The Hall–Kier alpha value is -3.32. The lowest BCUT2D eigenvalue weighted by Gasteiger charge is -2.17. The summed E-state index contributed by atoms with van der Waals surface area (Å²) in [5.74, 6) is 4.85. The molecule has 52 heavy (non-hydrogen) atoms. The summed E-state index contributed by atoms with van der Waals surface area (Å²) in [6, 6.07) is 15.5. The van der Waals surface area contributed by atoms with Crippen LogP contribution in [0.5, 0.6) is 23.0 Å². The zero-order valence-electron chi connectivity index (χ0n) is 31.2. The molecule has 10 heterocycles. The molecule has 0 aromatic heterocycles. The molecule has 0 saturated heterocycles. The monoisotopic (exact) mass is 784 g/mol. The van der Waals surface area contributed by atoms with E-state index in [4.69, 9.17) is 18.9 Å². The van der Waals surface area contributed by atoms with Gasteiger partial charge in [0.2, 0.25) is 0 Å². The molecular weight excluding hydrogens is 737 g/mol. The summed E-state index contributed by atoms with van der Waals surface area (Å²) < 4.78 is 77.3. The van der Waals surface area contributed by atoms with Gasteiger partial charge in [-0.15, -0.1) is 0 Å². The Morgan fingerprint density at radius 3 is 0.673 bits per heavy atom. The molecule has 0 N–H and O–H groups in total. The van der Waals surface area contributed by atoms with E-state index in [1.165, 1.54) is 0 Å². The number of ether oxygens (including phenoxy) is 4. The molecule has 0 amide bonds. The highest BCUT2D eigenvalue weighted by Crippen LogP contribution is 2.33. The van der Waals surface area contributed by atoms with Crippen molar-refractivity contribution in [3.8, 4) is 23.0 Å². The third-order valence-electron chi connectivity index (χ3n) is 9.49. The highest BCUT2D eigenvalue weighted by atomic mass is 32.2. The standard InChI is InChI=1S/C40H48O8S4/c1-25-9-33-21-50(42)19-31-15-39(47-7)35(11-27(31)3)23-52(44)24-36-12-28(4)32(16-40(36)48-8)20-51(43)22-34-10-26(2)30(14-38(34)46-6)18-49(41)17-29(25)13-37(33)45-5/h9-16H,17-24H2,1-8H3. The van der Waals surface area contributed by atoms with Crippen LogP contribution in [0.1, 0.15) is 66.8 Å². The maximum absolute atomic E-state index is 13.6. The van der Waals surface area contributed by atoms with E-state index in [0.29, 0.717) is 46.0 Å². The van der Waals surface area contributed by atoms with Gasteiger partial charge in [0.1, 0.15) is 23.0 Å². The Morgan fingerprint density at radius 2 is 0.500 bits per heavy atom. The van der Waals surface area contributed by atoms with Crippen LogP contribution in [0, 0.1) is 27.7 Å². The van der Waals surface area contributed by atoms with Gasteiger partial charge in [0.15, 0.2) is 0 Å². The molecule has 8 bridgehead atoms. The first-order chi connectivity index (χ1) is 24.8. The maximum atomic E-state index is 13.6. The van der Waals surface area contributed by atoms with Crippen molar-refractivity contribution in [1.29, 1.82) is 0 Å². The van der Waals surface area contributed by atoms with Crippen LogP contribution < -0.4 is 18.9 Å². The Morgan fingerprint density at radius 1 is 0.327 bits per heavy atom. The first-order valence-electron chi connectivity index (χ1n) is 16.9. The van der Waals surface area contributed by atoms with Crippen LogP contribution in [0.4, 0.5) is 0 Å². The highest BCUT2D eigenvalue weighted by Gasteiger charge is 2.20. The Kier molecular flexibility index (Phi) is 13.6. The summed E-state index contributed by atoms with van der Waals surface area (Å²) in [5.41, 5.74) is 10.7. The molecule has 0 spiro atoms. The fraction of sp³-hybridized carbons (Fsp3) is 0.400. The van der Waals surface area contributed by atoms with Crippen LogP contribution in [0.2, 0.25) is 0 Å². The van der Waals surface area contributed by atoms with Crippen molar-refractivity contribution >= 4 is 43.2 Å². The van der Waals surface area contributed by atoms with Crippen molar-refractivity contribution in [3.63, 3.8) is 0 Å². The van der Waals surface area contributed by atoms with Crippen LogP contribution in [-0.4, -0.2) is 45.3 Å². The molecule has 0 saturated carbocycles. The smallest absolute Gasteiger partial charge is 0.123 e. The van der Waals surface area contributed by atoms with Crippen LogP contribution >= 0.6 is 0 Å². The third kappa shape index (κ3) is 9.61. The predicted octanol–water partition coefficient (Wildman–Crippen LogP) is 7.06. The van der Waals surface area contributed by atoms with E-state index in [0.717, 1.165) is 66.8 Å². The second-order valence-electron chi connectivity index (χ2n) is 13.3. The average molecular weight is 785 g/mol. The average Bonchev–Trinajstić information content (AvgIpc) is 3.08. The molecule has 4 aromatic rings.